The predicted octanol–water partition coefficient (Wildman–Crippen LogP) is 1.87. The lowest BCUT2D eigenvalue weighted by Gasteiger charge is -2.59. The van der Waals surface area contributed by atoms with Gasteiger partial charge in [-0.1, -0.05) is 46.3 Å². The van der Waals surface area contributed by atoms with Crippen molar-refractivity contribution in [3.05, 3.63) is 29.3 Å². The minimum absolute atomic E-state index is 0.0805. The fraction of sp³-hybridized carbons (Fsp3) is 0.800. The highest BCUT2D eigenvalue weighted by atomic mass is 16.8. The van der Waals surface area contributed by atoms with Crippen LogP contribution < -0.4 is 14.2 Å². The largest absolute Gasteiger partial charge is 0.493 e. The number of hydrogen-bond donors (Lipinski definition) is 8. The Labute approximate surface area is 449 Å². The first kappa shape index (κ1) is 59.5. The molecule has 3 heterocycles. The van der Waals surface area contributed by atoms with E-state index < -0.39 is 135 Å². The molecule has 77 heavy (non-hydrogen) atoms. The van der Waals surface area contributed by atoms with Crippen LogP contribution in [0.3, 0.4) is 0 Å². The van der Waals surface area contributed by atoms with Gasteiger partial charge in [-0.3, -0.25) is 9.59 Å². The summed E-state index contributed by atoms with van der Waals surface area (Å²) in [5.74, 6) is -2.19. The fourth-order valence-electron chi connectivity index (χ4n) is 14.0. The number of ketones is 1. The topological polar surface area (TPSA) is 315 Å². The van der Waals surface area contributed by atoms with E-state index in [2.05, 4.69) is 19.9 Å². The Morgan fingerprint density at radius 1 is 0.766 bits per heavy atom. The van der Waals surface area contributed by atoms with Gasteiger partial charge >= 0.3 is 11.9 Å². The number of Topliss-reactive ketones (excluding diaryl/α,β-unsaturated/α-hetero) is 1. The van der Waals surface area contributed by atoms with Crippen molar-refractivity contribution in [2.75, 3.05) is 41.2 Å². The predicted molar refractivity (Wildman–Crippen MR) is 267 cm³/mol. The smallest absolute Gasteiger partial charge is 0.338 e. The van der Waals surface area contributed by atoms with Gasteiger partial charge in [0.2, 0.25) is 5.75 Å². The lowest BCUT2D eigenvalue weighted by Crippen LogP contribution is -2.65. The van der Waals surface area contributed by atoms with Crippen molar-refractivity contribution in [3.8, 4) is 17.2 Å². The number of methoxy groups -OCH3 is 3. The van der Waals surface area contributed by atoms with Gasteiger partial charge in [-0.2, -0.15) is 0 Å². The highest BCUT2D eigenvalue weighted by molar-refractivity contribution is 5.91. The lowest BCUT2D eigenvalue weighted by atomic mass is 9.46. The number of aliphatic hydroxyl groups excluding tert-OH is 7. The van der Waals surface area contributed by atoms with Crippen LogP contribution in [0.2, 0.25) is 0 Å². The van der Waals surface area contributed by atoms with Crippen molar-refractivity contribution in [2.45, 2.75) is 197 Å². The molecule has 0 aromatic heterocycles. The van der Waals surface area contributed by atoms with Crippen molar-refractivity contribution in [1.29, 1.82) is 0 Å². The summed E-state index contributed by atoms with van der Waals surface area (Å²) in [6.45, 7) is 9.46. The van der Waals surface area contributed by atoms with Gasteiger partial charge in [-0.15, -0.1) is 0 Å². The second kappa shape index (κ2) is 23.9. The number of hydrogen-bond acceptors (Lipinski definition) is 22. The highest BCUT2D eigenvalue weighted by Crippen LogP contribution is 2.69. The molecule has 1 aromatic carbocycles. The molecular formula is C55H82O22. The molecule has 0 bridgehead atoms. The molecule has 22 heteroatoms. The molecule has 22 nitrogen and oxygen atoms in total. The molecule has 8 rings (SSSR count). The fourth-order valence-corrected chi connectivity index (χ4v) is 14.0. The van der Waals surface area contributed by atoms with E-state index in [9.17, 15) is 55.2 Å². The van der Waals surface area contributed by atoms with Crippen LogP contribution in [0.4, 0.5) is 0 Å². The molecule has 22 atom stereocenters. The molecule has 0 spiro atoms. The summed E-state index contributed by atoms with van der Waals surface area (Å²) in [6.07, 6.45) is -15.8. The molecule has 0 amide bonds. The van der Waals surface area contributed by atoms with Crippen LogP contribution in [-0.4, -0.2) is 197 Å². The van der Waals surface area contributed by atoms with Gasteiger partial charge in [0.25, 0.3) is 0 Å². The molecule has 7 aliphatic rings. The zero-order chi connectivity index (χ0) is 56.1. The van der Waals surface area contributed by atoms with Crippen molar-refractivity contribution in [2.24, 2.45) is 40.4 Å². The van der Waals surface area contributed by atoms with Crippen molar-refractivity contribution < 1.29 is 107 Å². The maximum atomic E-state index is 14.3. The number of carbonyl (C=O) groups is 3. The van der Waals surface area contributed by atoms with Crippen LogP contribution in [0.25, 0.3) is 0 Å². The first-order valence-corrected chi connectivity index (χ1v) is 27.1. The monoisotopic (exact) mass is 1090 g/mol. The van der Waals surface area contributed by atoms with Crippen LogP contribution in [-0.2, 0) is 47.5 Å². The van der Waals surface area contributed by atoms with E-state index in [1.807, 2.05) is 13.8 Å². The van der Waals surface area contributed by atoms with Crippen molar-refractivity contribution in [3.63, 3.8) is 0 Å². The summed E-state index contributed by atoms with van der Waals surface area (Å²) in [5, 5.41) is 89.8. The Bertz CT molecular complexity index is 2250. The Kier molecular flexibility index (Phi) is 18.4. The van der Waals surface area contributed by atoms with Crippen LogP contribution >= 0.6 is 0 Å². The maximum Gasteiger partial charge on any atom is 0.338 e. The molecule has 8 N–H and O–H groups in total. The minimum Gasteiger partial charge on any atom is -0.493 e. The Balaban J connectivity index is 1.11. The third kappa shape index (κ3) is 11.2. The average Bonchev–Trinajstić information content (AvgIpc) is 3.85. The van der Waals surface area contributed by atoms with Gasteiger partial charge in [-0.05, 0) is 92.6 Å². The zero-order valence-electron chi connectivity index (χ0n) is 45.6. The Hall–Kier alpha value is -3.59. The number of fused-ring (bicyclic) bond motifs is 5. The van der Waals surface area contributed by atoms with Crippen molar-refractivity contribution >= 4 is 17.7 Å². The number of esters is 2. The summed E-state index contributed by atoms with van der Waals surface area (Å²) in [4.78, 5) is 41.7. The molecule has 0 unspecified atom stereocenters. The van der Waals surface area contributed by atoms with Gasteiger partial charge in [0, 0.05) is 24.7 Å². The molecule has 434 valence electrons. The lowest BCUT2D eigenvalue weighted by molar-refractivity contribution is -0.362. The molecule has 6 fully saturated rings. The van der Waals surface area contributed by atoms with Gasteiger partial charge < -0.3 is 93.0 Å². The molecular weight excluding hydrogens is 1010 g/mol. The third-order valence-electron chi connectivity index (χ3n) is 18.5. The number of allylic oxidation sites excluding steroid dienone is 1. The normalized spacial score (nSPS) is 42.2. The first-order valence-electron chi connectivity index (χ1n) is 27.1. The van der Waals surface area contributed by atoms with Crippen LogP contribution in [0.5, 0.6) is 17.2 Å². The van der Waals surface area contributed by atoms with E-state index in [1.54, 1.807) is 6.92 Å². The summed E-state index contributed by atoms with van der Waals surface area (Å²) >= 11 is 0. The summed E-state index contributed by atoms with van der Waals surface area (Å²) in [5.41, 5.74) is -1.63. The maximum absolute atomic E-state index is 14.3. The van der Waals surface area contributed by atoms with E-state index in [4.69, 9.17) is 52.1 Å². The number of carbonyl (C=O) groups excluding carboxylic acids is 3. The van der Waals surface area contributed by atoms with Crippen LogP contribution in [0.15, 0.2) is 23.8 Å². The van der Waals surface area contributed by atoms with Crippen LogP contribution in [0, 0.1) is 40.4 Å². The van der Waals surface area contributed by atoms with E-state index in [0.29, 0.717) is 32.1 Å². The molecule has 3 saturated carbocycles. The van der Waals surface area contributed by atoms with Gasteiger partial charge in [0.15, 0.2) is 42.6 Å². The molecule has 4 aliphatic carbocycles. The summed E-state index contributed by atoms with van der Waals surface area (Å²) < 4.78 is 65.3. The van der Waals surface area contributed by atoms with E-state index >= 15 is 0 Å². The SMILES string of the molecule is COc1cc(C(=O)O[C@@H]2[C@@H](O[C@H]3[C@H](OC(C)=O)[C@@H](O[C@H]4C[C@@H]5[C@H]6CC=C7C[C@H](O)CC[C@]7(C)[C@H]6CC[C@@]5(C)[C@]4(O)[C@H](C)C(=O)CCC(C)C)OC[C@H]3O)OC[C@H](O[C@H]3O[C@H](CO)[C@@H](O)[C@@H](O)[C@@H]3O)[C@H]2O)cc(OC)c1OC. The van der Waals surface area contributed by atoms with Gasteiger partial charge in [0.05, 0.1) is 58.9 Å². The third-order valence-corrected chi connectivity index (χ3v) is 18.5. The molecule has 3 aliphatic heterocycles. The summed E-state index contributed by atoms with van der Waals surface area (Å²) in [6, 6.07) is 2.59. The second-order valence-electron chi connectivity index (χ2n) is 23.2. The second-order valence-corrected chi connectivity index (χ2v) is 23.2. The quantitative estimate of drug-likeness (QED) is 0.0768. The summed E-state index contributed by atoms with van der Waals surface area (Å²) in [7, 11) is 4.04. The number of aliphatic hydroxyl groups is 8. The van der Waals surface area contributed by atoms with E-state index in [1.165, 1.54) is 39.0 Å². The first-order chi connectivity index (χ1) is 36.4. The van der Waals surface area contributed by atoms with Gasteiger partial charge in [0.1, 0.15) is 60.2 Å². The molecule has 0 radical (unpaired) electrons. The number of ether oxygens (including phenoxy) is 11. The minimum atomic E-state index is -1.91. The number of benzene rings is 1. The molecule has 1 aromatic rings. The average molecular weight is 1100 g/mol. The number of rotatable bonds is 18. The van der Waals surface area contributed by atoms with Crippen LogP contribution in [0.1, 0.15) is 110 Å². The van der Waals surface area contributed by atoms with E-state index in [-0.39, 0.29) is 70.2 Å². The van der Waals surface area contributed by atoms with E-state index in [0.717, 1.165) is 26.2 Å². The zero-order valence-corrected chi connectivity index (χ0v) is 45.6. The highest BCUT2D eigenvalue weighted by Gasteiger charge is 2.71. The van der Waals surface area contributed by atoms with Crippen molar-refractivity contribution in [1.82, 2.24) is 0 Å². The van der Waals surface area contributed by atoms with Gasteiger partial charge in [-0.25, -0.2) is 4.79 Å². The standard InChI is InChI=1S/C55H82O22/c1-25(2)10-13-34(59)26(3)55(66)40(21-33-31-12-11-29-20-30(58)14-16-53(29,5)32(31)15-17-54(33,55)6)75-52-48(72-27(4)57)45(35(60)23-70-52)77-51-47(76-49(65)28-18-36(67-7)46(69-9)37(19-28)68-8)42(62)39(24-71-51)74-50-44(64)43(63)41(61)38(22-56)73-50/h11,18-19,25-26,30-33,35,38-45,47-48,50-52,56,58,60-64,66H,10,12-17,20-24H2,1-9H3/t26-,30-,31+,32+,33-,35-,38-,39+,40+,41-,42-,43-,44+,45-,47+,48+,50-,51-,52-,53+,54-,55+/m1/s1. The Morgan fingerprint density at radius 2 is 1.44 bits per heavy atom. The molecule has 3 saturated heterocycles. The Morgan fingerprint density at radius 3 is 2.08 bits per heavy atom.